The molecule has 206 valence electrons. The Morgan fingerprint density at radius 1 is 0.868 bits per heavy atom. The fraction of sp³-hybridized carbons (Fsp3) is 0.483. The quantitative estimate of drug-likeness (QED) is 0.254. The molecule has 1 atom stereocenters. The van der Waals surface area contributed by atoms with E-state index >= 15 is 0 Å². The molecule has 38 heavy (non-hydrogen) atoms. The summed E-state index contributed by atoms with van der Waals surface area (Å²) in [6.07, 6.45) is 0.363. The zero-order chi connectivity index (χ0) is 27.7. The van der Waals surface area contributed by atoms with Crippen molar-refractivity contribution in [1.29, 1.82) is 0 Å². The maximum absolute atomic E-state index is 12.7. The van der Waals surface area contributed by atoms with Crippen LogP contribution in [-0.4, -0.2) is 49.4 Å². The molecule has 3 amide bonds. The monoisotopic (exact) mass is 524 g/mol. The standard InChI is InChI=1S/C29H40N4O5/c1-19(2)25(26(34)33-31-17-11-10-16-30-27(35)38-29(3,4)5)32-28(36)37-18-24-22-14-8-6-12-20(22)21-13-7-9-15-23(21)24/h6-9,12-15,19,24-25,31H,10-11,16-18H2,1-5H3,(H,30,35)(H,32,36)(H,33,34)/t25-/m0/s1. The lowest BCUT2D eigenvalue weighted by molar-refractivity contribution is -0.125. The van der Waals surface area contributed by atoms with E-state index in [0.717, 1.165) is 28.7 Å². The number of unbranched alkanes of at least 4 members (excludes halogenated alkanes) is 1. The third kappa shape index (κ3) is 8.21. The van der Waals surface area contributed by atoms with Gasteiger partial charge in [-0.15, -0.1) is 0 Å². The maximum Gasteiger partial charge on any atom is 0.407 e. The summed E-state index contributed by atoms with van der Waals surface area (Å²) >= 11 is 0. The molecule has 2 aromatic rings. The van der Waals surface area contributed by atoms with Gasteiger partial charge >= 0.3 is 12.2 Å². The van der Waals surface area contributed by atoms with E-state index in [0.29, 0.717) is 19.5 Å². The molecule has 0 heterocycles. The van der Waals surface area contributed by atoms with Crippen LogP contribution in [0.1, 0.15) is 64.5 Å². The first-order valence-electron chi connectivity index (χ1n) is 13.2. The van der Waals surface area contributed by atoms with Gasteiger partial charge in [0.25, 0.3) is 5.91 Å². The van der Waals surface area contributed by atoms with Crippen molar-refractivity contribution >= 4 is 18.1 Å². The van der Waals surface area contributed by atoms with E-state index in [1.807, 2.05) is 58.9 Å². The number of alkyl carbamates (subject to hydrolysis) is 2. The van der Waals surface area contributed by atoms with E-state index < -0.39 is 23.8 Å². The van der Waals surface area contributed by atoms with Crippen molar-refractivity contribution in [2.45, 2.75) is 65.0 Å². The maximum atomic E-state index is 12.7. The van der Waals surface area contributed by atoms with Gasteiger partial charge in [-0.3, -0.25) is 10.2 Å². The summed E-state index contributed by atoms with van der Waals surface area (Å²) in [7, 11) is 0. The Hall–Kier alpha value is -3.59. The molecular formula is C29H40N4O5. The predicted octanol–water partition coefficient (Wildman–Crippen LogP) is 4.48. The molecule has 1 aliphatic carbocycles. The highest BCUT2D eigenvalue weighted by Gasteiger charge is 2.30. The van der Waals surface area contributed by atoms with E-state index in [-0.39, 0.29) is 24.3 Å². The number of hydrogen-bond donors (Lipinski definition) is 4. The number of nitrogens with one attached hydrogen (secondary N) is 4. The molecule has 4 N–H and O–H groups in total. The van der Waals surface area contributed by atoms with Gasteiger partial charge in [0.05, 0.1) is 0 Å². The SMILES string of the molecule is CC(C)[C@H](NC(=O)OCC1c2ccccc2-c2ccccc21)C(=O)NNCCCCNC(=O)OC(C)(C)C. The number of fused-ring (bicyclic) bond motifs is 3. The van der Waals surface area contributed by atoms with E-state index in [2.05, 4.69) is 45.8 Å². The number of rotatable bonds is 11. The van der Waals surface area contributed by atoms with Gasteiger partial charge in [-0.1, -0.05) is 62.4 Å². The summed E-state index contributed by atoms with van der Waals surface area (Å²) < 4.78 is 10.8. The summed E-state index contributed by atoms with van der Waals surface area (Å²) in [5, 5.41) is 5.40. The van der Waals surface area contributed by atoms with Crippen molar-refractivity contribution in [2.24, 2.45) is 5.92 Å². The normalized spacial score (nSPS) is 13.3. The van der Waals surface area contributed by atoms with Crippen LogP contribution in [0.25, 0.3) is 11.1 Å². The second-order valence-corrected chi connectivity index (χ2v) is 10.7. The first kappa shape index (κ1) is 29.0. The molecule has 0 radical (unpaired) electrons. The average Bonchev–Trinajstić information content (AvgIpc) is 3.17. The minimum absolute atomic E-state index is 0.0500. The second-order valence-electron chi connectivity index (χ2n) is 10.7. The van der Waals surface area contributed by atoms with Crippen LogP contribution in [0, 0.1) is 5.92 Å². The van der Waals surface area contributed by atoms with Crippen LogP contribution in [0.5, 0.6) is 0 Å². The van der Waals surface area contributed by atoms with Crippen molar-refractivity contribution in [3.8, 4) is 11.1 Å². The van der Waals surface area contributed by atoms with Gasteiger partial charge in [-0.2, -0.15) is 0 Å². The highest BCUT2D eigenvalue weighted by atomic mass is 16.6. The molecule has 3 rings (SSSR count). The Labute approximate surface area is 225 Å². The molecule has 0 fully saturated rings. The van der Waals surface area contributed by atoms with Gasteiger partial charge in [0.1, 0.15) is 18.2 Å². The summed E-state index contributed by atoms with van der Waals surface area (Å²) in [4.78, 5) is 37.0. The smallest absolute Gasteiger partial charge is 0.407 e. The van der Waals surface area contributed by atoms with Crippen LogP contribution in [0.2, 0.25) is 0 Å². The van der Waals surface area contributed by atoms with Gasteiger partial charge in [0.15, 0.2) is 0 Å². The van der Waals surface area contributed by atoms with E-state index in [1.165, 1.54) is 0 Å². The van der Waals surface area contributed by atoms with Crippen LogP contribution < -0.4 is 21.5 Å². The van der Waals surface area contributed by atoms with Gasteiger partial charge in [0, 0.05) is 19.0 Å². The topological polar surface area (TPSA) is 118 Å². The van der Waals surface area contributed by atoms with E-state index in [4.69, 9.17) is 9.47 Å². The lowest BCUT2D eigenvalue weighted by Gasteiger charge is -2.22. The zero-order valence-corrected chi connectivity index (χ0v) is 22.9. The summed E-state index contributed by atoms with van der Waals surface area (Å²) in [6.45, 7) is 10.3. The molecular weight excluding hydrogens is 484 g/mol. The summed E-state index contributed by atoms with van der Waals surface area (Å²) in [5.74, 6) is -0.540. The minimum atomic E-state index is -0.757. The molecule has 0 bridgehead atoms. The van der Waals surface area contributed by atoms with Gasteiger partial charge in [0.2, 0.25) is 0 Å². The van der Waals surface area contributed by atoms with Crippen LogP contribution in [0.15, 0.2) is 48.5 Å². The van der Waals surface area contributed by atoms with Crippen LogP contribution in [0.4, 0.5) is 9.59 Å². The fourth-order valence-electron chi connectivity index (χ4n) is 4.37. The molecule has 2 aromatic carbocycles. The highest BCUT2D eigenvalue weighted by Crippen LogP contribution is 2.44. The molecule has 0 saturated carbocycles. The third-order valence-corrected chi connectivity index (χ3v) is 6.17. The predicted molar refractivity (Wildman–Crippen MR) is 146 cm³/mol. The summed E-state index contributed by atoms with van der Waals surface area (Å²) in [6, 6.07) is 15.5. The molecule has 0 spiro atoms. The highest BCUT2D eigenvalue weighted by molar-refractivity contribution is 5.85. The number of carbonyl (C=O) groups excluding carboxylic acids is 3. The van der Waals surface area contributed by atoms with E-state index in [9.17, 15) is 14.4 Å². The van der Waals surface area contributed by atoms with Crippen LogP contribution in [-0.2, 0) is 14.3 Å². The fourth-order valence-corrected chi connectivity index (χ4v) is 4.37. The number of ether oxygens (including phenoxy) is 2. The van der Waals surface area contributed by atoms with Crippen molar-refractivity contribution in [2.75, 3.05) is 19.7 Å². The molecule has 9 heteroatoms. The van der Waals surface area contributed by atoms with Crippen molar-refractivity contribution < 1.29 is 23.9 Å². The van der Waals surface area contributed by atoms with Gasteiger partial charge < -0.3 is 20.1 Å². The zero-order valence-electron chi connectivity index (χ0n) is 22.9. The minimum Gasteiger partial charge on any atom is -0.449 e. The number of amides is 3. The first-order valence-corrected chi connectivity index (χ1v) is 13.2. The number of hydrazine groups is 1. The molecule has 0 aliphatic heterocycles. The Balaban J connectivity index is 1.40. The Morgan fingerprint density at radius 3 is 2.03 bits per heavy atom. The Kier molecular flexibility index (Phi) is 10.1. The van der Waals surface area contributed by atoms with Gasteiger partial charge in [-0.25, -0.2) is 15.0 Å². The second kappa shape index (κ2) is 13.3. The Morgan fingerprint density at radius 2 is 1.45 bits per heavy atom. The molecule has 0 saturated heterocycles. The number of hydrogen-bond acceptors (Lipinski definition) is 6. The molecule has 1 aliphatic rings. The lowest BCUT2D eigenvalue weighted by atomic mass is 9.98. The third-order valence-electron chi connectivity index (χ3n) is 6.17. The number of carbonyl (C=O) groups is 3. The lowest BCUT2D eigenvalue weighted by Crippen LogP contribution is -2.53. The van der Waals surface area contributed by atoms with Crippen molar-refractivity contribution in [3.63, 3.8) is 0 Å². The van der Waals surface area contributed by atoms with Crippen molar-refractivity contribution in [3.05, 3.63) is 59.7 Å². The van der Waals surface area contributed by atoms with Gasteiger partial charge in [-0.05, 0) is 61.8 Å². The van der Waals surface area contributed by atoms with Crippen LogP contribution >= 0.6 is 0 Å². The van der Waals surface area contributed by atoms with Crippen molar-refractivity contribution in [1.82, 2.24) is 21.5 Å². The molecule has 0 aromatic heterocycles. The summed E-state index contributed by atoms with van der Waals surface area (Å²) in [5.41, 5.74) is 9.58. The largest absolute Gasteiger partial charge is 0.449 e. The Bertz CT molecular complexity index is 1070. The number of benzene rings is 2. The first-order chi connectivity index (χ1) is 18.1. The molecule has 0 unspecified atom stereocenters. The molecule has 9 nitrogen and oxygen atoms in total. The van der Waals surface area contributed by atoms with E-state index in [1.54, 1.807) is 0 Å². The average molecular weight is 525 g/mol. The van der Waals surface area contributed by atoms with Crippen LogP contribution in [0.3, 0.4) is 0 Å².